The summed E-state index contributed by atoms with van der Waals surface area (Å²) in [4.78, 5) is 27.6. The molecule has 3 aromatic heterocycles. The number of carbonyl (C=O) groups excluding carboxylic acids is 1. The average Bonchev–Trinajstić information content (AvgIpc) is 3.17. The van der Waals surface area contributed by atoms with E-state index < -0.39 is 0 Å². The molecule has 0 spiro atoms. The molecule has 140 valence electrons. The molecule has 0 saturated carbocycles. The van der Waals surface area contributed by atoms with Crippen LogP contribution in [0.1, 0.15) is 27.5 Å². The van der Waals surface area contributed by atoms with Gasteiger partial charge in [-0.2, -0.15) is 4.98 Å². The van der Waals surface area contributed by atoms with Crippen molar-refractivity contribution in [2.24, 2.45) is 0 Å². The van der Waals surface area contributed by atoms with Crippen molar-refractivity contribution in [3.63, 3.8) is 0 Å². The van der Waals surface area contributed by atoms with Crippen molar-refractivity contribution in [3.8, 4) is 11.4 Å². The summed E-state index contributed by atoms with van der Waals surface area (Å²) in [7, 11) is 1.72. The van der Waals surface area contributed by atoms with E-state index in [1.807, 2.05) is 38.1 Å². The molecule has 0 radical (unpaired) electrons. The van der Waals surface area contributed by atoms with Gasteiger partial charge in [0.2, 0.25) is 11.7 Å². The molecule has 7 heteroatoms. The molecule has 0 atom stereocenters. The van der Waals surface area contributed by atoms with Gasteiger partial charge in [0.15, 0.2) is 0 Å². The summed E-state index contributed by atoms with van der Waals surface area (Å²) >= 11 is 0. The molecule has 1 amide bonds. The Kier molecular flexibility index (Phi) is 4.57. The zero-order valence-electron chi connectivity index (χ0n) is 15.9. The number of amides is 1. The van der Waals surface area contributed by atoms with Crippen LogP contribution in [-0.2, 0) is 6.54 Å². The van der Waals surface area contributed by atoms with E-state index in [-0.39, 0.29) is 12.5 Å². The molecule has 1 aromatic carbocycles. The van der Waals surface area contributed by atoms with E-state index >= 15 is 0 Å². The number of pyridine rings is 2. The molecule has 3 heterocycles. The predicted octanol–water partition coefficient (Wildman–Crippen LogP) is 3.57. The van der Waals surface area contributed by atoms with Crippen LogP contribution in [0.3, 0.4) is 0 Å². The van der Waals surface area contributed by atoms with Gasteiger partial charge >= 0.3 is 0 Å². The molecule has 0 aliphatic rings. The van der Waals surface area contributed by atoms with Crippen molar-refractivity contribution >= 4 is 16.8 Å². The van der Waals surface area contributed by atoms with Gasteiger partial charge in [0.05, 0.1) is 17.6 Å². The van der Waals surface area contributed by atoms with Crippen molar-refractivity contribution in [1.29, 1.82) is 0 Å². The first-order chi connectivity index (χ1) is 13.5. The quantitative estimate of drug-likeness (QED) is 0.544. The summed E-state index contributed by atoms with van der Waals surface area (Å²) in [6.07, 6.45) is 3.33. The minimum atomic E-state index is -0.121. The third-order valence-electron chi connectivity index (χ3n) is 4.53. The van der Waals surface area contributed by atoms with Crippen LogP contribution in [0.5, 0.6) is 0 Å². The number of hydrogen-bond donors (Lipinski definition) is 0. The van der Waals surface area contributed by atoms with E-state index in [4.69, 9.17) is 4.52 Å². The van der Waals surface area contributed by atoms with Crippen LogP contribution in [0, 0.1) is 13.8 Å². The molecular weight excluding hydrogens is 354 g/mol. The number of carbonyl (C=O) groups is 1. The number of rotatable bonds is 4. The van der Waals surface area contributed by atoms with Crippen LogP contribution in [0.25, 0.3) is 22.3 Å². The number of aromatic nitrogens is 4. The lowest BCUT2D eigenvalue weighted by atomic mass is 10.0. The second-order valence-electron chi connectivity index (χ2n) is 6.69. The van der Waals surface area contributed by atoms with E-state index in [0.29, 0.717) is 17.3 Å². The Hall–Kier alpha value is -3.61. The highest BCUT2D eigenvalue weighted by Crippen LogP contribution is 2.23. The van der Waals surface area contributed by atoms with Crippen molar-refractivity contribution < 1.29 is 9.32 Å². The van der Waals surface area contributed by atoms with Crippen molar-refractivity contribution in [2.45, 2.75) is 20.4 Å². The van der Waals surface area contributed by atoms with E-state index in [1.165, 1.54) is 0 Å². The van der Waals surface area contributed by atoms with Crippen LogP contribution in [0.15, 0.2) is 53.3 Å². The lowest BCUT2D eigenvalue weighted by Crippen LogP contribution is -2.26. The molecule has 7 nitrogen and oxygen atoms in total. The van der Waals surface area contributed by atoms with Gasteiger partial charge in [-0.05, 0) is 37.6 Å². The molecule has 0 fully saturated rings. The highest BCUT2D eigenvalue weighted by atomic mass is 16.5. The zero-order chi connectivity index (χ0) is 19.7. The van der Waals surface area contributed by atoms with Crippen LogP contribution in [-0.4, -0.2) is 38.0 Å². The third kappa shape index (κ3) is 3.34. The Morgan fingerprint density at radius 3 is 2.68 bits per heavy atom. The van der Waals surface area contributed by atoms with Crippen LogP contribution < -0.4 is 0 Å². The van der Waals surface area contributed by atoms with E-state index in [9.17, 15) is 4.79 Å². The zero-order valence-corrected chi connectivity index (χ0v) is 15.9. The van der Waals surface area contributed by atoms with Gasteiger partial charge in [-0.25, -0.2) is 0 Å². The summed E-state index contributed by atoms with van der Waals surface area (Å²) in [5.74, 6) is 0.720. The molecule has 0 saturated heterocycles. The average molecular weight is 373 g/mol. The van der Waals surface area contributed by atoms with E-state index in [1.54, 1.807) is 36.5 Å². The summed E-state index contributed by atoms with van der Waals surface area (Å²) in [5, 5.41) is 4.82. The fourth-order valence-corrected chi connectivity index (χ4v) is 3.11. The van der Waals surface area contributed by atoms with Gasteiger partial charge in [0, 0.05) is 36.1 Å². The SMILES string of the molecule is Cc1cc(C(=O)N(C)Cc2nc(-c3ccncc3)no2)c2cccc(C)c2n1. The normalized spacial score (nSPS) is 11.0. The first kappa shape index (κ1) is 17.8. The van der Waals surface area contributed by atoms with Crippen LogP contribution >= 0.6 is 0 Å². The van der Waals surface area contributed by atoms with Crippen LogP contribution in [0.4, 0.5) is 0 Å². The minimum absolute atomic E-state index is 0.121. The monoisotopic (exact) mass is 373 g/mol. The number of hydrogen-bond acceptors (Lipinski definition) is 6. The Morgan fingerprint density at radius 2 is 1.89 bits per heavy atom. The van der Waals surface area contributed by atoms with Crippen LogP contribution in [0.2, 0.25) is 0 Å². The van der Waals surface area contributed by atoms with E-state index in [0.717, 1.165) is 27.7 Å². The fraction of sp³-hybridized carbons (Fsp3) is 0.190. The molecule has 0 bridgehead atoms. The standard InChI is InChI=1S/C21H19N5O2/c1-13-5-4-6-16-17(11-14(2)23-19(13)16)21(27)26(3)12-18-24-20(25-28-18)15-7-9-22-10-8-15/h4-11H,12H2,1-3H3. The van der Waals surface area contributed by atoms with Crippen molar-refractivity contribution in [1.82, 2.24) is 25.0 Å². The second-order valence-corrected chi connectivity index (χ2v) is 6.69. The molecule has 28 heavy (non-hydrogen) atoms. The number of para-hydroxylation sites is 1. The maximum atomic E-state index is 13.1. The van der Waals surface area contributed by atoms with Gasteiger partial charge in [0.25, 0.3) is 5.91 Å². The number of benzene rings is 1. The Balaban J connectivity index is 1.60. The molecule has 4 rings (SSSR count). The largest absolute Gasteiger partial charge is 0.337 e. The topological polar surface area (TPSA) is 85.0 Å². The maximum absolute atomic E-state index is 13.1. The second kappa shape index (κ2) is 7.19. The lowest BCUT2D eigenvalue weighted by Gasteiger charge is -2.17. The van der Waals surface area contributed by atoms with Crippen molar-refractivity contribution in [2.75, 3.05) is 7.05 Å². The number of aryl methyl sites for hydroxylation is 2. The first-order valence-electron chi connectivity index (χ1n) is 8.88. The lowest BCUT2D eigenvalue weighted by molar-refractivity contribution is 0.0771. The minimum Gasteiger partial charge on any atom is -0.337 e. The maximum Gasteiger partial charge on any atom is 0.254 e. The van der Waals surface area contributed by atoms with E-state index in [2.05, 4.69) is 20.1 Å². The number of nitrogens with zero attached hydrogens (tertiary/aromatic N) is 5. The fourth-order valence-electron chi connectivity index (χ4n) is 3.11. The predicted molar refractivity (Wildman–Crippen MR) is 105 cm³/mol. The summed E-state index contributed by atoms with van der Waals surface area (Å²) in [5.41, 5.74) is 4.11. The Bertz CT molecular complexity index is 1150. The summed E-state index contributed by atoms with van der Waals surface area (Å²) in [6.45, 7) is 4.10. The van der Waals surface area contributed by atoms with Gasteiger partial charge in [0.1, 0.15) is 0 Å². The third-order valence-corrected chi connectivity index (χ3v) is 4.53. The van der Waals surface area contributed by atoms with Gasteiger partial charge < -0.3 is 9.42 Å². The molecule has 0 aliphatic heterocycles. The summed E-state index contributed by atoms with van der Waals surface area (Å²) < 4.78 is 5.32. The van der Waals surface area contributed by atoms with Gasteiger partial charge in [-0.3, -0.25) is 14.8 Å². The first-order valence-corrected chi connectivity index (χ1v) is 8.88. The number of fused-ring (bicyclic) bond motifs is 1. The molecule has 0 unspecified atom stereocenters. The van der Waals surface area contributed by atoms with Crippen molar-refractivity contribution in [3.05, 3.63) is 71.5 Å². The molecule has 0 N–H and O–H groups in total. The molecule has 4 aromatic rings. The smallest absolute Gasteiger partial charge is 0.254 e. The van der Waals surface area contributed by atoms with Gasteiger partial charge in [-0.1, -0.05) is 23.4 Å². The summed E-state index contributed by atoms with van der Waals surface area (Å²) in [6, 6.07) is 11.3. The van der Waals surface area contributed by atoms with Gasteiger partial charge in [-0.15, -0.1) is 0 Å². The highest BCUT2D eigenvalue weighted by molar-refractivity contribution is 6.06. The Morgan fingerprint density at radius 1 is 1.11 bits per heavy atom. The Labute approximate surface area is 162 Å². The highest BCUT2D eigenvalue weighted by Gasteiger charge is 2.19. The molecular formula is C21H19N5O2. The molecule has 0 aliphatic carbocycles.